The number of nitrogens with two attached hydrogens (primary N) is 1. The number of fused-ring (bicyclic) bond motifs is 3. The van der Waals surface area contributed by atoms with Gasteiger partial charge in [0.1, 0.15) is 11.6 Å². The second kappa shape index (κ2) is 8.98. The molecule has 0 saturated heterocycles. The van der Waals surface area contributed by atoms with Gasteiger partial charge in [0.2, 0.25) is 0 Å². The molecular weight excluding hydrogens is 448 g/mol. The number of rotatable bonds is 6. The lowest BCUT2D eigenvalue weighted by Crippen LogP contribution is -2.19. The molecule has 2 aliphatic rings. The first-order chi connectivity index (χ1) is 17.5. The highest BCUT2D eigenvalue weighted by atomic mass is 16.5. The highest BCUT2D eigenvalue weighted by molar-refractivity contribution is 6.01. The number of aliphatic carboxylic acids is 1. The van der Waals surface area contributed by atoms with Gasteiger partial charge in [0.15, 0.2) is 0 Å². The molecule has 1 saturated carbocycles. The third kappa shape index (κ3) is 3.89. The van der Waals surface area contributed by atoms with Gasteiger partial charge in [-0.1, -0.05) is 67.4 Å². The number of nitrogen functional groups attached to an aromatic ring is 1. The number of carboxylic acids is 1. The summed E-state index contributed by atoms with van der Waals surface area (Å²) < 4.78 is 6.32. The topological polar surface area (TPSA) is 85.4 Å². The van der Waals surface area contributed by atoms with E-state index in [2.05, 4.69) is 29.2 Å². The molecule has 1 fully saturated rings. The molecule has 5 nitrogen and oxygen atoms in total. The SMILES string of the molecule is Nc1nccc2c(-c3ccc4c(c3)C(COc3ccccc3CC(=O)O)CC43CCCC3)cccc12. The van der Waals surface area contributed by atoms with E-state index in [0.29, 0.717) is 18.2 Å². The fourth-order valence-corrected chi connectivity index (χ4v) is 6.54. The molecule has 36 heavy (non-hydrogen) atoms. The van der Waals surface area contributed by atoms with E-state index in [1.165, 1.54) is 42.4 Å². The molecule has 1 spiro atoms. The first-order valence-corrected chi connectivity index (χ1v) is 12.7. The molecule has 0 bridgehead atoms. The summed E-state index contributed by atoms with van der Waals surface area (Å²) in [7, 11) is 0. The number of ether oxygens (including phenoxy) is 1. The number of nitrogens with zero attached hydrogens (tertiary/aromatic N) is 1. The maximum Gasteiger partial charge on any atom is 0.307 e. The Hall–Kier alpha value is -3.86. The molecule has 1 heterocycles. The molecule has 0 radical (unpaired) electrons. The number of para-hydroxylation sites is 1. The van der Waals surface area contributed by atoms with E-state index < -0.39 is 5.97 Å². The van der Waals surface area contributed by atoms with Gasteiger partial charge >= 0.3 is 5.97 Å². The molecule has 5 heteroatoms. The third-order valence-electron chi connectivity index (χ3n) is 8.16. The van der Waals surface area contributed by atoms with Crippen LogP contribution in [-0.4, -0.2) is 22.7 Å². The first-order valence-electron chi connectivity index (χ1n) is 12.7. The van der Waals surface area contributed by atoms with Crippen molar-refractivity contribution in [3.8, 4) is 16.9 Å². The fourth-order valence-electron chi connectivity index (χ4n) is 6.54. The molecule has 1 atom stereocenters. The van der Waals surface area contributed by atoms with Crippen LogP contribution in [0.5, 0.6) is 5.75 Å². The van der Waals surface area contributed by atoms with Crippen molar-refractivity contribution in [2.24, 2.45) is 0 Å². The van der Waals surface area contributed by atoms with Crippen LogP contribution in [0.2, 0.25) is 0 Å². The van der Waals surface area contributed by atoms with E-state index in [4.69, 9.17) is 10.5 Å². The second-order valence-electron chi connectivity index (χ2n) is 10.3. The number of hydrogen-bond acceptors (Lipinski definition) is 4. The molecule has 182 valence electrons. The van der Waals surface area contributed by atoms with Crippen molar-refractivity contribution >= 4 is 22.6 Å². The van der Waals surface area contributed by atoms with E-state index in [1.807, 2.05) is 42.5 Å². The molecule has 6 rings (SSSR count). The number of hydrogen-bond donors (Lipinski definition) is 2. The summed E-state index contributed by atoms with van der Waals surface area (Å²) in [5.74, 6) is 0.629. The molecule has 1 unspecified atom stereocenters. The molecule has 4 aromatic rings. The third-order valence-corrected chi connectivity index (χ3v) is 8.16. The molecule has 0 aliphatic heterocycles. The van der Waals surface area contributed by atoms with Gasteiger partial charge in [0.05, 0.1) is 13.0 Å². The van der Waals surface area contributed by atoms with E-state index in [9.17, 15) is 9.90 Å². The Kier molecular flexibility index (Phi) is 5.63. The highest BCUT2D eigenvalue weighted by Crippen LogP contribution is 2.55. The largest absolute Gasteiger partial charge is 0.493 e. The molecule has 3 N–H and O–H groups in total. The minimum atomic E-state index is -0.849. The number of pyridine rings is 1. The van der Waals surface area contributed by atoms with Crippen LogP contribution >= 0.6 is 0 Å². The normalized spacial score (nSPS) is 17.9. The molecule has 3 aromatic carbocycles. The summed E-state index contributed by atoms with van der Waals surface area (Å²) in [6.07, 6.45) is 7.80. The van der Waals surface area contributed by atoms with Crippen molar-refractivity contribution < 1.29 is 14.6 Å². The summed E-state index contributed by atoms with van der Waals surface area (Å²) in [4.78, 5) is 15.6. The van der Waals surface area contributed by atoms with E-state index >= 15 is 0 Å². The predicted octanol–water partition coefficient (Wildman–Crippen LogP) is 6.49. The lowest BCUT2D eigenvalue weighted by atomic mass is 9.79. The summed E-state index contributed by atoms with van der Waals surface area (Å²) in [5, 5.41) is 11.4. The zero-order chi connectivity index (χ0) is 24.7. The van der Waals surface area contributed by atoms with Crippen LogP contribution < -0.4 is 10.5 Å². The molecule has 2 aliphatic carbocycles. The zero-order valence-electron chi connectivity index (χ0n) is 20.2. The van der Waals surface area contributed by atoms with Crippen LogP contribution in [0.1, 0.15) is 54.7 Å². The predicted molar refractivity (Wildman–Crippen MR) is 142 cm³/mol. The number of aromatic nitrogens is 1. The minimum absolute atomic E-state index is 0.0371. The Labute approximate surface area is 210 Å². The van der Waals surface area contributed by atoms with E-state index in [1.54, 1.807) is 6.20 Å². The monoisotopic (exact) mass is 478 g/mol. The number of carbonyl (C=O) groups is 1. The van der Waals surface area contributed by atoms with Gasteiger partial charge in [-0.3, -0.25) is 4.79 Å². The van der Waals surface area contributed by atoms with Crippen LogP contribution in [0.25, 0.3) is 21.9 Å². The van der Waals surface area contributed by atoms with Gasteiger partial charge in [-0.2, -0.15) is 0 Å². The van der Waals surface area contributed by atoms with Crippen molar-refractivity contribution in [3.05, 3.63) is 89.6 Å². The summed E-state index contributed by atoms with van der Waals surface area (Å²) in [6.45, 7) is 0.543. The average molecular weight is 479 g/mol. The average Bonchev–Trinajstić information content (AvgIpc) is 3.48. The van der Waals surface area contributed by atoms with Crippen LogP contribution in [0, 0.1) is 0 Å². The molecule has 0 amide bonds. The number of benzene rings is 3. The Bertz CT molecular complexity index is 1460. The lowest BCUT2D eigenvalue weighted by molar-refractivity contribution is -0.136. The number of carboxylic acid groups (broad SMARTS) is 1. The van der Waals surface area contributed by atoms with Crippen LogP contribution in [0.3, 0.4) is 0 Å². The quantitative estimate of drug-likeness (QED) is 0.331. The van der Waals surface area contributed by atoms with Gasteiger partial charge in [-0.05, 0) is 64.5 Å². The Balaban J connectivity index is 1.37. The molecule has 1 aromatic heterocycles. The van der Waals surface area contributed by atoms with Gasteiger partial charge < -0.3 is 15.6 Å². The molecular formula is C31H30N2O3. The second-order valence-corrected chi connectivity index (χ2v) is 10.3. The van der Waals surface area contributed by atoms with Gasteiger partial charge in [0.25, 0.3) is 0 Å². The maximum absolute atomic E-state index is 11.3. The van der Waals surface area contributed by atoms with Crippen molar-refractivity contribution in [2.75, 3.05) is 12.3 Å². The zero-order valence-corrected chi connectivity index (χ0v) is 20.2. The summed E-state index contributed by atoms with van der Waals surface area (Å²) >= 11 is 0. The standard InChI is InChI=1S/C31H30N2O3/c32-30-25-8-5-7-23(24(25)12-15-33-30)20-10-11-27-26(16-20)22(18-31(27)13-3-4-14-31)19-36-28-9-2-1-6-21(28)17-29(34)35/h1-2,5-12,15-16,22H,3-4,13-14,17-19H2,(H2,32,33)(H,34,35). The maximum atomic E-state index is 11.3. The lowest BCUT2D eigenvalue weighted by Gasteiger charge is -2.25. The van der Waals surface area contributed by atoms with Gasteiger partial charge in [-0.25, -0.2) is 4.98 Å². The van der Waals surface area contributed by atoms with Crippen LogP contribution in [-0.2, 0) is 16.6 Å². The van der Waals surface area contributed by atoms with Crippen molar-refractivity contribution in [1.29, 1.82) is 0 Å². The van der Waals surface area contributed by atoms with Crippen LogP contribution in [0.15, 0.2) is 72.9 Å². The smallest absolute Gasteiger partial charge is 0.307 e. The van der Waals surface area contributed by atoms with Gasteiger partial charge in [-0.15, -0.1) is 0 Å². The van der Waals surface area contributed by atoms with E-state index in [-0.39, 0.29) is 17.8 Å². The fraction of sp³-hybridized carbons (Fsp3) is 0.290. The van der Waals surface area contributed by atoms with Crippen molar-refractivity contribution in [1.82, 2.24) is 4.98 Å². The first kappa shape index (κ1) is 22.6. The van der Waals surface area contributed by atoms with Crippen LogP contribution in [0.4, 0.5) is 5.82 Å². The van der Waals surface area contributed by atoms with Crippen molar-refractivity contribution in [2.45, 2.75) is 49.9 Å². The summed E-state index contributed by atoms with van der Waals surface area (Å²) in [5.41, 5.74) is 12.3. The Morgan fingerprint density at radius 2 is 1.86 bits per heavy atom. The van der Waals surface area contributed by atoms with E-state index in [0.717, 1.165) is 28.3 Å². The highest BCUT2D eigenvalue weighted by Gasteiger charge is 2.45. The number of anilines is 1. The minimum Gasteiger partial charge on any atom is -0.493 e. The Morgan fingerprint density at radius 3 is 2.69 bits per heavy atom. The van der Waals surface area contributed by atoms with Gasteiger partial charge in [0, 0.05) is 23.1 Å². The summed E-state index contributed by atoms with van der Waals surface area (Å²) in [6, 6.07) is 22.7. The van der Waals surface area contributed by atoms with Crippen molar-refractivity contribution in [3.63, 3.8) is 0 Å². The Morgan fingerprint density at radius 1 is 1.03 bits per heavy atom.